The molecule has 140 valence electrons. The van der Waals surface area contributed by atoms with Crippen LogP contribution in [0.3, 0.4) is 0 Å². The third-order valence-electron chi connectivity index (χ3n) is 5.31. The van der Waals surface area contributed by atoms with Gasteiger partial charge in [0.05, 0.1) is 11.2 Å². The van der Waals surface area contributed by atoms with Gasteiger partial charge in [-0.1, -0.05) is 61.5 Å². The zero-order valence-electron chi connectivity index (χ0n) is 15.7. The fourth-order valence-electron chi connectivity index (χ4n) is 3.81. The van der Waals surface area contributed by atoms with Crippen molar-refractivity contribution in [2.75, 3.05) is 6.54 Å². The molecule has 2 heterocycles. The highest BCUT2D eigenvalue weighted by atomic mass is 16.2. The van der Waals surface area contributed by atoms with Crippen LogP contribution in [0.1, 0.15) is 29.6 Å². The number of nitrogens with zero attached hydrogens (tertiary/aromatic N) is 2. The molecular formula is C24H22N2O2. The number of rotatable bonds is 4. The minimum absolute atomic E-state index is 0.130. The van der Waals surface area contributed by atoms with Crippen LogP contribution in [-0.4, -0.2) is 28.1 Å². The molecule has 0 unspecified atom stereocenters. The van der Waals surface area contributed by atoms with Crippen LogP contribution < -0.4 is 0 Å². The fraction of sp³-hybridized carbons (Fsp3) is 0.208. The second kappa shape index (κ2) is 7.77. The van der Waals surface area contributed by atoms with Crippen LogP contribution in [0.2, 0.25) is 0 Å². The molecule has 1 fully saturated rings. The van der Waals surface area contributed by atoms with E-state index >= 15 is 0 Å². The van der Waals surface area contributed by atoms with Crippen LogP contribution in [0.4, 0.5) is 0 Å². The number of amides is 1. The molecule has 0 radical (unpaired) electrons. The molecule has 0 N–H and O–H groups in total. The normalized spacial score (nSPS) is 17.4. The Hall–Kier alpha value is -3.27. The lowest BCUT2D eigenvalue weighted by atomic mass is 9.90. The summed E-state index contributed by atoms with van der Waals surface area (Å²) < 4.78 is 0. The first-order valence-corrected chi connectivity index (χ1v) is 9.61. The number of ketones is 1. The van der Waals surface area contributed by atoms with Gasteiger partial charge in [-0.2, -0.15) is 0 Å². The van der Waals surface area contributed by atoms with Crippen LogP contribution >= 0.6 is 0 Å². The van der Waals surface area contributed by atoms with Crippen molar-refractivity contribution < 1.29 is 9.59 Å². The molecule has 4 heteroatoms. The number of carbonyl (C=O) groups excluding carboxylic acids is 2. The monoisotopic (exact) mass is 370 g/mol. The summed E-state index contributed by atoms with van der Waals surface area (Å²) in [7, 11) is 0. The first-order chi connectivity index (χ1) is 13.7. The Bertz CT molecular complexity index is 1040. The average Bonchev–Trinajstić information content (AvgIpc) is 2.94. The van der Waals surface area contributed by atoms with E-state index in [1.165, 1.54) is 6.20 Å². The van der Waals surface area contributed by atoms with Gasteiger partial charge in [0.2, 0.25) is 5.91 Å². The summed E-state index contributed by atoms with van der Waals surface area (Å²) in [6.07, 6.45) is 3.84. The fourth-order valence-corrected chi connectivity index (χ4v) is 3.81. The highest BCUT2D eigenvalue weighted by molar-refractivity contribution is 6.16. The van der Waals surface area contributed by atoms with Crippen molar-refractivity contribution in [2.45, 2.75) is 19.3 Å². The molecule has 1 amide bonds. The highest BCUT2D eigenvalue weighted by Crippen LogP contribution is 2.29. The van der Waals surface area contributed by atoms with Crippen LogP contribution in [0.15, 0.2) is 73.4 Å². The lowest BCUT2D eigenvalue weighted by Gasteiger charge is -2.20. The van der Waals surface area contributed by atoms with Crippen molar-refractivity contribution in [2.24, 2.45) is 5.92 Å². The molecular weight excluding hydrogens is 348 g/mol. The van der Waals surface area contributed by atoms with Gasteiger partial charge >= 0.3 is 0 Å². The summed E-state index contributed by atoms with van der Waals surface area (Å²) in [6.45, 7) is 4.35. The molecule has 0 saturated carbocycles. The molecule has 0 aliphatic carbocycles. The predicted octanol–water partition coefficient (Wildman–Crippen LogP) is 4.86. The van der Waals surface area contributed by atoms with E-state index in [2.05, 4.69) is 6.58 Å². The summed E-state index contributed by atoms with van der Waals surface area (Å²) in [5, 5.41) is 0.786. The molecule has 4 nitrogen and oxygen atoms in total. The van der Waals surface area contributed by atoms with Crippen molar-refractivity contribution in [3.63, 3.8) is 0 Å². The zero-order valence-corrected chi connectivity index (χ0v) is 15.7. The summed E-state index contributed by atoms with van der Waals surface area (Å²) in [5.74, 6) is -0.955. The molecule has 1 aliphatic rings. The molecule has 3 aromatic rings. The third kappa shape index (κ3) is 3.33. The number of carbonyl (C=O) groups is 2. The summed E-state index contributed by atoms with van der Waals surface area (Å²) in [4.78, 5) is 32.7. The van der Waals surface area contributed by atoms with E-state index in [0.717, 1.165) is 35.0 Å². The number of benzene rings is 2. The second-order valence-electron chi connectivity index (χ2n) is 7.07. The number of fused-ring (bicyclic) bond motifs is 1. The maximum atomic E-state index is 13.5. The molecule has 4 rings (SSSR count). The molecule has 2 aromatic carbocycles. The van der Waals surface area contributed by atoms with Crippen LogP contribution in [0.25, 0.3) is 22.2 Å². The van der Waals surface area contributed by atoms with Gasteiger partial charge in [-0.15, -0.1) is 0 Å². The maximum absolute atomic E-state index is 13.5. The quantitative estimate of drug-likeness (QED) is 0.487. The highest BCUT2D eigenvalue weighted by Gasteiger charge is 2.33. The summed E-state index contributed by atoms with van der Waals surface area (Å²) in [6, 6.07) is 19.2. The lowest BCUT2D eigenvalue weighted by molar-refractivity contribution is -0.130. The Kier molecular flexibility index (Phi) is 5.02. The van der Waals surface area contributed by atoms with Gasteiger partial charge in [-0.3, -0.25) is 9.59 Å². The van der Waals surface area contributed by atoms with E-state index in [1.807, 2.05) is 60.7 Å². The Morgan fingerprint density at radius 3 is 2.61 bits per heavy atom. The minimum Gasteiger partial charge on any atom is -0.319 e. The van der Waals surface area contributed by atoms with E-state index in [4.69, 9.17) is 4.98 Å². The molecule has 1 atom stereocenters. The largest absolute Gasteiger partial charge is 0.319 e. The Morgan fingerprint density at radius 1 is 1.07 bits per heavy atom. The van der Waals surface area contributed by atoms with E-state index in [1.54, 1.807) is 4.90 Å². The van der Waals surface area contributed by atoms with Crippen molar-refractivity contribution in [1.29, 1.82) is 0 Å². The number of hydrogen-bond donors (Lipinski definition) is 0. The Labute approximate surface area is 164 Å². The SMILES string of the molecule is C=CN1CCCC[C@H](C(=O)c2cc(-c3ccccc3)nc3ccccc23)C1=O. The van der Waals surface area contributed by atoms with Gasteiger partial charge in [-0.25, -0.2) is 4.98 Å². The summed E-state index contributed by atoms with van der Waals surface area (Å²) in [5.41, 5.74) is 3.01. The number of likely N-dealkylation sites (tertiary alicyclic amines) is 1. The Balaban J connectivity index is 1.83. The number of pyridine rings is 1. The second-order valence-corrected chi connectivity index (χ2v) is 7.07. The van der Waals surface area contributed by atoms with E-state index in [-0.39, 0.29) is 11.7 Å². The standard InChI is InChI=1S/C24H22N2O2/c1-2-26-15-9-8-13-19(24(26)28)23(27)20-16-22(17-10-4-3-5-11-17)25-21-14-7-6-12-18(20)21/h2-7,10-12,14,16,19H,1,8-9,13,15H2/t19-/m1/s1. The number of Topliss-reactive ketones (excluding diaryl/α,β-unsaturated/α-hetero) is 1. The summed E-state index contributed by atoms with van der Waals surface area (Å²) >= 11 is 0. The van der Waals surface area contributed by atoms with Crippen LogP contribution in [0, 0.1) is 5.92 Å². The van der Waals surface area contributed by atoms with Crippen LogP contribution in [-0.2, 0) is 4.79 Å². The van der Waals surface area contributed by atoms with E-state index < -0.39 is 5.92 Å². The number of aromatic nitrogens is 1. The first-order valence-electron chi connectivity index (χ1n) is 9.61. The topological polar surface area (TPSA) is 50.3 Å². The average molecular weight is 370 g/mol. The molecule has 1 aliphatic heterocycles. The zero-order chi connectivity index (χ0) is 19.5. The van der Waals surface area contributed by atoms with Gasteiger partial charge in [0.25, 0.3) is 0 Å². The van der Waals surface area contributed by atoms with Gasteiger partial charge < -0.3 is 4.90 Å². The van der Waals surface area contributed by atoms with Crippen molar-refractivity contribution in [1.82, 2.24) is 9.88 Å². The van der Waals surface area contributed by atoms with Gasteiger partial charge in [0.1, 0.15) is 5.92 Å². The van der Waals surface area contributed by atoms with Crippen molar-refractivity contribution in [3.05, 3.63) is 79.0 Å². The predicted molar refractivity (Wildman–Crippen MR) is 111 cm³/mol. The molecule has 1 aromatic heterocycles. The van der Waals surface area contributed by atoms with Gasteiger partial charge in [-0.05, 0) is 31.2 Å². The van der Waals surface area contributed by atoms with Crippen molar-refractivity contribution >= 4 is 22.6 Å². The van der Waals surface area contributed by atoms with Crippen LogP contribution in [0.5, 0.6) is 0 Å². The van der Waals surface area contributed by atoms with E-state index in [0.29, 0.717) is 18.5 Å². The third-order valence-corrected chi connectivity index (χ3v) is 5.31. The number of para-hydroxylation sites is 1. The van der Waals surface area contributed by atoms with Crippen molar-refractivity contribution in [3.8, 4) is 11.3 Å². The molecule has 0 bridgehead atoms. The van der Waals surface area contributed by atoms with E-state index in [9.17, 15) is 9.59 Å². The molecule has 1 saturated heterocycles. The van der Waals surface area contributed by atoms with Gasteiger partial charge in [0.15, 0.2) is 5.78 Å². The molecule has 28 heavy (non-hydrogen) atoms. The number of hydrogen-bond acceptors (Lipinski definition) is 3. The maximum Gasteiger partial charge on any atom is 0.237 e. The smallest absolute Gasteiger partial charge is 0.237 e. The lowest BCUT2D eigenvalue weighted by Crippen LogP contribution is -2.34. The minimum atomic E-state index is -0.671. The Morgan fingerprint density at radius 2 is 1.82 bits per heavy atom. The first kappa shape index (κ1) is 18.1. The van der Waals surface area contributed by atoms with Gasteiger partial charge in [0, 0.05) is 23.1 Å². The molecule has 0 spiro atoms.